The van der Waals surface area contributed by atoms with Gasteiger partial charge in [-0.2, -0.15) is 0 Å². The predicted octanol–water partition coefficient (Wildman–Crippen LogP) is 2.90. The SMILES string of the molecule is CCc1nc2cc(CC3CC3)cc(Cl)n2n1. The summed E-state index contributed by atoms with van der Waals surface area (Å²) in [6.45, 7) is 2.05. The molecule has 0 N–H and O–H groups in total. The van der Waals surface area contributed by atoms with Crippen molar-refractivity contribution in [2.45, 2.75) is 32.6 Å². The van der Waals surface area contributed by atoms with E-state index in [1.807, 2.05) is 13.0 Å². The van der Waals surface area contributed by atoms with Gasteiger partial charge in [-0.25, -0.2) is 9.50 Å². The molecule has 0 aliphatic heterocycles. The van der Waals surface area contributed by atoms with Crippen molar-refractivity contribution in [1.82, 2.24) is 14.6 Å². The van der Waals surface area contributed by atoms with Gasteiger partial charge in [0.05, 0.1) is 0 Å². The molecule has 2 aromatic rings. The summed E-state index contributed by atoms with van der Waals surface area (Å²) >= 11 is 6.20. The van der Waals surface area contributed by atoms with Crippen LogP contribution in [0.4, 0.5) is 0 Å². The van der Waals surface area contributed by atoms with Crippen LogP contribution < -0.4 is 0 Å². The maximum Gasteiger partial charge on any atom is 0.157 e. The highest BCUT2D eigenvalue weighted by Crippen LogP contribution is 2.33. The average molecular weight is 236 g/mol. The Labute approximate surface area is 99.4 Å². The summed E-state index contributed by atoms with van der Waals surface area (Å²) in [6, 6.07) is 4.12. The van der Waals surface area contributed by atoms with Gasteiger partial charge >= 0.3 is 0 Å². The number of rotatable bonds is 3. The van der Waals surface area contributed by atoms with Gasteiger partial charge in [-0.15, -0.1) is 5.10 Å². The van der Waals surface area contributed by atoms with E-state index in [1.165, 1.54) is 18.4 Å². The first-order valence-electron chi connectivity index (χ1n) is 5.80. The van der Waals surface area contributed by atoms with Crippen LogP contribution >= 0.6 is 11.6 Å². The van der Waals surface area contributed by atoms with Gasteiger partial charge in [-0.3, -0.25) is 0 Å². The van der Waals surface area contributed by atoms with Gasteiger partial charge in [0.1, 0.15) is 5.15 Å². The molecule has 4 heteroatoms. The van der Waals surface area contributed by atoms with Crippen LogP contribution in [-0.4, -0.2) is 14.6 Å². The Morgan fingerprint density at radius 2 is 2.25 bits per heavy atom. The van der Waals surface area contributed by atoms with E-state index in [9.17, 15) is 0 Å². The molecule has 84 valence electrons. The Morgan fingerprint density at radius 3 is 2.94 bits per heavy atom. The van der Waals surface area contributed by atoms with Crippen LogP contribution in [0.5, 0.6) is 0 Å². The lowest BCUT2D eigenvalue weighted by Gasteiger charge is -2.01. The fourth-order valence-corrected chi connectivity index (χ4v) is 2.23. The van der Waals surface area contributed by atoms with Gasteiger partial charge in [0.25, 0.3) is 0 Å². The number of aryl methyl sites for hydroxylation is 1. The van der Waals surface area contributed by atoms with E-state index in [4.69, 9.17) is 11.6 Å². The van der Waals surface area contributed by atoms with Crippen LogP contribution in [0.1, 0.15) is 31.2 Å². The third kappa shape index (κ3) is 1.80. The van der Waals surface area contributed by atoms with Crippen LogP contribution in [0.3, 0.4) is 0 Å². The fourth-order valence-electron chi connectivity index (χ4n) is 1.96. The molecule has 3 nitrogen and oxygen atoms in total. The lowest BCUT2D eigenvalue weighted by Crippen LogP contribution is -1.94. The van der Waals surface area contributed by atoms with Crippen molar-refractivity contribution in [3.8, 4) is 0 Å². The molecule has 2 heterocycles. The zero-order valence-corrected chi connectivity index (χ0v) is 10.0. The molecule has 1 aliphatic rings. The lowest BCUT2D eigenvalue weighted by atomic mass is 10.1. The van der Waals surface area contributed by atoms with Crippen LogP contribution in [-0.2, 0) is 12.8 Å². The summed E-state index contributed by atoms with van der Waals surface area (Å²) in [5.41, 5.74) is 2.16. The number of hydrogen-bond donors (Lipinski definition) is 0. The van der Waals surface area contributed by atoms with Crippen LogP contribution in [0.25, 0.3) is 5.65 Å². The van der Waals surface area contributed by atoms with Gasteiger partial charge in [-0.05, 0) is 42.9 Å². The van der Waals surface area contributed by atoms with Crippen LogP contribution in [0.15, 0.2) is 12.1 Å². The molecular weight excluding hydrogens is 222 g/mol. The van der Waals surface area contributed by atoms with Crippen molar-refractivity contribution < 1.29 is 0 Å². The Hall–Kier alpha value is -1.09. The molecule has 3 rings (SSSR count). The minimum Gasteiger partial charge on any atom is -0.212 e. The van der Waals surface area contributed by atoms with Gasteiger partial charge in [0.2, 0.25) is 0 Å². The molecule has 1 saturated carbocycles. The molecule has 0 radical (unpaired) electrons. The third-order valence-electron chi connectivity index (χ3n) is 3.03. The highest BCUT2D eigenvalue weighted by molar-refractivity contribution is 6.29. The largest absolute Gasteiger partial charge is 0.212 e. The minimum absolute atomic E-state index is 0.667. The molecule has 16 heavy (non-hydrogen) atoms. The van der Waals surface area contributed by atoms with E-state index in [1.54, 1.807) is 4.52 Å². The summed E-state index contributed by atoms with van der Waals surface area (Å²) in [7, 11) is 0. The van der Waals surface area contributed by atoms with Gasteiger partial charge < -0.3 is 0 Å². The Balaban J connectivity index is 2.04. The van der Waals surface area contributed by atoms with Gasteiger partial charge in [0, 0.05) is 6.42 Å². The molecule has 0 spiro atoms. The van der Waals surface area contributed by atoms with Crippen molar-refractivity contribution in [3.63, 3.8) is 0 Å². The highest BCUT2D eigenvalue weighted by Gasteiger charge is 2.22. The summed E-state index contributed by atoms with van der Waals surface area (Å²) in [6.07, 6.45) is 4.69. The maximum absolute atomic E-state index is 6.20. The first-order valence-corrected chi connectivity index (χ1v) is 6.18. The molecule has 0 bridgehead atoms. The summed E-state index contributed by atoms with van der Waals surface area (Å²) in [5, 5.41) is 5.01. The van der Waals surface area contributed by atoms with Crippen molar-refractivity contribution in [1.29, 1.82) is 0 Å². The fraction of sp³-hybridized carbons (Fsp3) is 0.500. The number of aromatic nitrogens is 3. The molecule has 0 unspecified atom stereocenters. The highest BCUT2D eigenvalue weighted by atomic mass is 35.5. The van der Waals surface area contributed by atoms with E-state index in [0.717, 1.165) is 30.2 Å². The Kier molecular flexibility index (Phi) is 2.36. The summed E-state index contributed by atoms with van der Waals surface area (Å²) in [4.78, 5) is 4.45. The van der Waals surface area contributed by atoms with Crippen molar-refractivity contribution in [2.24, 2.45) is 5.92 Å². The number of nitrogens with zero attached hydrogens (tertiary/aromatic N) is 3. The number of hydrogen-bond acceptors (Lipinski definition) is 2. The van der Waals surface area contributed by atoms with Crippen molar-refractivity contribution >= 4 is 17.2 Å². The van der Waals surface area contributed by atoms with Crippen LogP contribution in [0.2, 0.25) is 5.15 Å². The molecule has 2 aromatic heterocycles. The summed E-state index contributed by atoms with van der Waals surface area (Å²) in [5.74, 6) is 1.72. The first kappa shape index (κ1) is 10.1. The second-order valence-corrected chi connectivity index (χ2v) is 4.87. The van der Waals surface area contributed by atoms with Gasteiger partial charge in [-0.1, -0.05) is 18.5 Å². The molecule has 0 saturated heterocycles. The van der Waals surface area contributed by atoms with E-state index >= 15 is 0 Å². The monoisotopic (exact) mass is 235 g/mol. The number of halogens is 1. The molecule has 0 amide bonds. The maximum atomic E-state index is 6.20. The van der Waals surface area contributed by atoms with E-state index in [-0.39, 0.29) is 0 Å². The summed E-state index contributed by atoms with van der Waals surface area (Å²) < 4.78 is 1.72. The van der Waals surface area contributed by atoms with Gasteiger partial charge in [0.15, 0.2) is 11.5 Å². The molecule has 1 fully saturated rings. The minimum atomic E-state index is 0.667. The molecular formula is C12H14ClN3. The lowest BCUT2D eigenvalue weighted by molar-refractivity contribution is 0.825. The second kappa shape index (κ2) is 3.74. The Bertz CT molecular complexity index is 528. The zero-order chi connectivity index (χ0) is 11.1. The topological polar surface area (TPSA) is 30.2 Å². The molecule has 0 aromatic carbocycles. The third-order valence-corrected chi connectivity index (χ3v) is 3.30. The number of pyridine rings is 1. The van der Waals surface area contributed by atoms with Crippen LogP contribution in [0, 0.1) is 5.92 Å². The molecule has 0 atom stereocenters. The predicted molar refractivity (Wildman–Crippen MR) is 63.8 cm³/mol. The van der Waals surface area contributed by atoms with E-state index in [0.29, 0.717) is 5.15 Å². The zero-order valence-electron chi connectivity index (χ0n) is 9.28. The van der Waals surface area contributed by atoms with E-state index < -0.39 is 0 Å². The first-order chi connectivity index (χ1) is 7.76. The normalized spacial score (nSPS) is 15.9. The smallest absolute Gasteiger partial charge is 0.157 e. The quantitative estimate of drug-likeness (QED) is 0.766. The van der Waals surface area contributed by atoms with Crippen molar-refractivity contribution in [3.05, 3.63) is 28.7 Å². The standard InChI is InChI=1S/C12H14ClN3/c1-2-11-14-12-7-9(5-8-3-4-8)6-10(13)16(12)15-11/h6-8H,2-5H2,1H3. The van der Waals surface area contributed by atoms with Crippen molar-refractivity contribution in [2.75, 3.05) is 0 Å². The average Bonchev–Trinajstić information content (AvgIpc) is 2.95. The number of fused-ring (bicyclic) bond motifs is 1. The second-order valence-electron chi connectivity index (χ2n) is 4.49. The molecule has 1 aliphatic carbocycles. The van der Waals surface area contributed by atoms with E-state index in [2.05, 4.69) is 16.1 Å². The Morgan fingerprint density at radius 1 is 1.44 bits per heavy atom.